The van der Waals surface area contributed by atoms with Crippen molar-refractivity contribution in [2.75, 3.05) is 19.4 Å². The highest BCUT2D eigenvalue weighted by molar-refractivity contribution is 7.98. The summed E-state index contributed by atoms with van der Waals surface area (Å²) in [5, 5.41) is 12.3. The highest BCUT2D eigenvalue weighted by Crippen LogP contribution is 2.18. The molecule has 5 nitrogen and oxygen atoms in total. The lowest BCUT2D eigenvalue weighted by Gasteiger charge is -2.08. The Kier molecular flexibility index (Phi) is 5.20. The van der Waals surface area contributed by atoms with Crippen LogP contribution in [0, 0.1) is 0 Å². The number of thioether (sulfide) groups is 1. The number of aliphatic hydroxyl groups excluding tert-OH is 1. The quantitative estimate of drug-likeness (QED) is 0.628. The normalized spacial score (nSPS) is 10.5. The second kappa shape index (κ2) is 7.12. The molecule has 20 heavy (non-hydrogen) atoms. The van der Waals surface area contributed by atoms with Crippen molar-refractivity contribution < 1.29 is 9.90 Å². The van der Waals surface area contributed by atoms with E-state index in [9.17, 15) is 4.79 Å². The molecule has 1 amide bonds. The fourth-order valence-corrected chi connectivity index (χ4v) is 2.32. The van der Waals surface area contributed by atoms with Crippen molar-refractivity contribution in [3.63, 3.8) is 0 Å². The Labute approximate surface area is 122 Å². The van der Waals surface area contributed by atoms with Crippen LogP contribution in [-0.4, -0.2) is 40.0 Å². The highest BCUT2D eigenvalue weighted by Gasteiger charge is 2.07. The fourth-order valence-electron chi connectivity index (χ4n) is 1.79. The minimum absolute atomic E-state index is 0.0807. The van der Waals surface area contributed by atoms with E-state index in [0.29, 0.717) is 18.5 Å². The van der Waals surface area contributed by atoms with E-state index in [4.69, 9.17) is 5.11 Å². The molecule has 1 aromatic heterocycles. The maximum atomic E-state index is 11.8. The van der Waals surface area contributed by atoms with Crippen LogP contribution in [0.4, 0.5) is 0 Å². The molecule has 2 N–H and O–H groups in total. The van der Waals surface area contributed by atoms with Gasteiger partial charge in [-0.15, -0.1) is 0 Å². The predicted molar refractivity (Wildman–Crippen MR) is 79.4 cm³/mol. The average Bonchev–Trinajstić information content (AvgIpc) is 2.96. The van der Waals surface area contributed by atoms with Crippen LogP contribution in [0.1, 0.15) is 16.8 Å². The number of hydrogen-bond donors (Lipinski definition) is 2. The van der Waals surface area contributed by atoms with Gasteiger partial charge in [-0.2, -0.15) is 0 Å². The van der Waals surface area contributed by atoms with Crippen LogP contribution in [-0.2, 0) is 0 Å². The summed E-state index contributed by atoms with van der Waals surface area (Å²) in [5.41, 5.74) is 1.58. The van der Waals surface area contributed by atoms with Gasteiger partial charge >= 0.3 is 0 Å². The van der Waals surface area contributed by atoms with Crippen LogP contribution < -0.4 is 5.32 Å². The summed E-state index contributed by atoms with van der Waals surface area (Å²) in [4.78, 5) is 16.1. The molecule has 1 aromatic carbocycles. The van der Waals surface area contributed by atoms with Gasteiger partial charge in [0.15, 0.2) is 5.16 Å². The summed E-state index contributed by atoms with van der Waals surface area (Å²) >= 11 is 1.57. The first-order valence-corrected chi connectivity index (χ1v) is 7.55. The number of hydrogen-bond acceptors (Lipinski definition) is 4. The summed E-state index contributed by atoms with van der Waals surface area (Å²) in [6.45, 7) is 0.562. The van der Waals surface area contributed by atoms with E-state index >= 15 is 0 Å². The number of imidazole rings is 1. The Morgan fingerprint density at radius 1 is 1.40 bits per heavy atom. The topological polar surface area (TPSA) is 67.2 Å². The molecule has 0 bridgehead atoms. The van der Waals surface area contributed by atoms with Gasteiger partial charge in [0.1, 0.15) is 0 Å². The van der Waals surface area contributed by atoms with E-state index in [0.717, 1.165) is 10.8 Å². The van der Waals surface area contributed by atoms with Crippen LogP contribution in [0.2, 0.25) is 0 Å². The van der Waals surface area contributed by atoms with Crippen LogP contribution in [0.5, 0.6) is 0 Å². The van der Waals surface area contributed by atoms with Gasteiger partial charge in [-0.05, 0) is 36.9 Å². The summed E-state index contributed by atoms with van der Waals surface area (Å²) in [6.07, 6.45) is 6.18. The second-order valence-corrected chi connectivity index (χ2v) is 4.94. The molecular weight excluding hydrogens is 274 g/mol. The SMILES string of the molecule is CSc1nccn1-c1ccc(C(=O)NCCCO)cc1. The van der Waals surface area contributed by atoms with Crippen molar-refractivity contribution in [1.82, 2.24) is 14.9 Å². The molecule has 2 rings (SSSR count). The third-order valence-corrected chi connectivity index (χ3v) is 3.48. The molecule has 0 aliphatic carbocycles. The van der Waals surface area contributed by atoms with Gasteiger partial charge in [-0.3, -0.25) is 9.36 Å². The molecule has 1 heterocycles. The Hall–Kier alpha value is -1.79. The Balaban J connectivity index is 2.08. The van der Waals surface area contributed by atoms with Crippen molar-refractivity contribution >= 4 is 17.7 Å². The number of aromatic nitrogens is 2. The molecule has 0 aliphatic heterocycles. The van der Waals surface area contributed by atoms with Gasteiger partial charge in [0.25, 0.3) is 5.91 Å². The maximum Gasteiger partial charge on any atom is 0.251 e. The van der Waals surface area contributed by atoms with E-state index in [1.165, 1.54) is 0 Å². The van der Waals surface area contributed by atoms with E-state index in [2.05, 4.69) is 10.3 Å². The third kappa shape index (κ3) is 3.40. The summed E-state index contributed by atoms with van der Waals surface area (Å²) in [6, 6.07) is 7.35. The predicted octanol–water partition coefficient (Wildman–Crippen LogP) is 1.71. The van der Waals surface area contributed by atoms with Gasteiger partial charge < -0.3 is 10.4 Å². The molecule has 0 unspecified atom stereocenters. The number of nitrogens with zero attached hydrogens (tertiary/aromatic N) is 2. The summed E-state index contributed by atoms with van der Waals surface area (Å²) in [5.74, 6) is -0.124. The summed E-state index contributed by atoms with van der Waals surface area (Å²) < 4.78 is 1.97. The zero-order valence-electron chi connectivity index (χ0n) is 11.2. The molecule has 0 saturated heterocycles. The van der Waals surface area contributed by atoms with Gasteiger partial charge in [0.05, 0.1) is 0 Å². The number of carbonyl (C=O) groups excluding carboxylic acids is 1. The first kappa shape index (κ1) is 14.6. The van der Waals surface area contributed by atoms with Crippen molar-refractivity contribution in [1.29, 1.82) is 0 Å². The Bertz CT molecular complexity index is 566. The van der Waals surface area contributed by atoms with E-state index < -0.39 is 0 Å². The minimum Gasteiger partial charge on any atom is -0.396 e. The lowest BCUT2D eigenvalue weighted by atomic mass is 10.2. The van der Waals surface area contributed by atoms with Crippen LogP contribution in [0.3, 0.4) is 0 Å². The lowest BCUT2D eigenvalue weighted by Crippen LogP contribution is -2.24. The largest absolute Gasteiger partial charge is 0.396 e. The standard InChI is InChI=1S/C14H17N3O2S/c1-20-14-16-8-9-17(14)12-5-3-11(4-6-12)13(19)15-7-2-10-18/h3-6,8-9,18H,2,7,10H2,1H3,(H,15,19). The number of benzene rings is 1. The first-order valence-electron chi connectivity index (χ1n) is 6.33. The number of amides is 1. The molecule has 0 radical (unpaired) electrons. The first-order chi connectivity index (χ1) is 9.76. The van der Waals surface area contributed by atoms with Crippen molar-refractivity contribution in [2.45, 2.75) is 11.6 Å². The van der Waals surface area contributed by atoms with Crippen molar-refractivity contribution in [3.05, 3.63) is 42.2 Å². The Morgan fingerprint density at radius 3 is 2.80 bits per heavy atom. The maximum absolute atomic E-state index is 11.8. The zero-order chi connectivity index (χ0) is 14.4. The number of rotatable bonds is 6. The number of aliphatic hydroxyl groups is 1. The van der Waals surface area contributed by atoms with Crippen LogP contribution in [0.15, 0.2) is 41.8 Å². The molecule has 0 spiro atoms. The molecular formula is C14H17N3O2S. The molecule has 106 valence electrons. The van der Waals surface area contributed by atoms with Gasteiger partial charge in [-0.1, -0.05) is 11.8 Å². The van der Waals surface area contributed by atoms with Crippen LogP contribution >= 0.6 is 11.8 Å². The number of carbonyl (C=O) groups is 1. The zero-order valence-corrected chi connectivity index (χ0v) is 12.1. The van der Waals surface area contributed by atoms with Gasteiger partial charge in [0, 0.05) is 36.8 Å². The Morgan fingerprint density at radius 2 is 2.15 bits per heavy atom. The monoisotopic (exact) mass is 291 g/mol. The molecule has 6 heteroatoms. The van der Waals surface area contributed by atoms with Gasteiger partial charge in [0.2, 0.25) is 0 Å². The molecule has 0 atom stereocenters. The number of nitrogens with one attached hydrogen (secondary N) is 1. The second-order valence-electron chi connectivity index (χ2n) is 4.16. The van der Waals surface area contributed by atoms with E-state index in [1.54, 1.807) is 30.1 Å². The lowest BCUT2D eigenvalue weighted by molar-refractivity contribution is 0.0951. The van der Waals surface area contributed by atoms with E-state index in [-0.39, 0.29) is 12.5 Å². The summed E-state index contributed by atoms with van der Waals surface area (Å²) in [7, 11) is 0. The third-order valence-electron chi connectivity index (χ3n) is 2.82. The average molecular weight is 291 g/mol. The minimum atomic E-state index is -0.124. The highest BCUT2D eigenvalue weighted by atomic mass is 32.2. The van der Waals surface area contributed by atoms with E-state index in [1.807, 2.05) is 29.2 Å². The van der Waals surface area contributed by atoms with Crippen LogP contribution in [0.25, 0.3) is 5.69 Å². The fraction of sp³-hybridized carbons (Fsp3) is 0.286. The molecule has 0 saturated carbocycles. The van der Waals surface area contributed by atoms with Crippen molar-refractivity contribution in [2.24, 2.45) is 0 Å². The molecule has 2 aromatic rings. The molecule has 0 aliphatic rings. The van der Waals surface area contributed by atoms with Crippen molar-refractivity contribution in [3.8, 4) is 5.69 Å². The smallest absolute Gasteiger partial charge is 0.251 e. The molecule has 0 fully saturated rings. The van der Waals surface area contributed by atoms with Gasteiger partial charge in [-0.25, -0.2) is 4.98 Å².